The second-order valence-corrected chi connectivity index (χ2v) is 14.6. The summed E-state index contributed by atoms with van der Waals surface area (Å²) in [4.78, 5) is 49.5. The average molecular weight is 614 g/mol. The van der Waals surface area contributed by atoms with Crippen molar-refractivity contribution < 1.29 is 19.5 Å². The van der Waals surface area contributed by atoms with Crippen LogP contribution in [0.4, 0.5) is 0 Å². The van der Waals surface area contributed by atoms with Gasteiger partial charge in [0.1, 0.15) is 6.04 Å². The Morgan fingerprint density at radius 2 is 1.50 bits per heavy atom. The van der Waals surface area contributed by atoms with E-state index in [-0.39, 0.29) is 24.3 Å². The van der Waals surface area contributed by atoms with Gasteiger partial charge < -0.3 is 19.8 Å². The fraction of sp³-hybridized carbons (Fsp3) is 0.472. The first kappa shape index (κ1) is 30.7. The Hall–Kier alpha value is -3.36. The van der Waals surface area contributed by atoms with Crippen molar-refractivity contribution in [2.24, 2.45) is 11.8 Å². The second-order valence-electron chi connectivity index (χ2n) is 12.8. The van der Waals surface area contributed by atoms with Crippen LogP contribution in [0.2, 0.25) is 0 Å². The SMILES string of the molecule is CCCCCN1CC=C[C@]23S[C@]4(C)C=CCN(Cc5ccccc5)C(=O)[C@@H]4[C@H]2C(=O)N([C@@H](CO)Cc2ccccc2)C3C1=O. The molecule has 2 fully saturated rings. The molecule has 0 bridgehead atoms. The van der Waals surface area contributed by atoms with Crippen molar-refractivity contribution in [3.8, 4) is 0 Å². The number of carbonyl (C=O) groups excluding carboxylic acids is 3. The first-order valence-corrected chi connectivity index (χ1v) is 16.8. The van der Waals surface area contributed by atoms with E-state index in [1.165, 1.54) is 0 Å². The van der Waals surface area contributed by atoms with Gasteiger partial charge >= 0.3 is 0 Å². The molecule has 2 aromatic rings. The summed E-state index contributed by atoms with van der Waals surface area (Å²) in [6.45, 7) is 5.94. The molecule has 1 unspecified atom stereocenters. The van der Waals surface area contributed by atoms with Gasteiger partial charge in [-0.15, -0.1) is 11.8 Å². The van der Waals surface area contributed by atoms with Gasteiger partial charge in [0.25, 0.3) is 0 Å². The molecule has 0 aromatic heterocycles. The van der Waals surface area contributed by atoms with Crippen LogP contribution in [0.25, 0.3) is 0 Å². The first-order chi connectivity index (χ1) is 21.3. The fourth-order valence-electron chi connectivity index (χ4n) is 7.79. The molecule has 4 heterocycles. The van der Waals surface area contributed by atoms with E-state index in [4.69, 9.17) is 0 Å². The highest BCUT2D eigenvalue weighted by molar-refractivity contribution is 8.02. The summed E-state index contributed by atoms with van der Waals surface area (Å²) in [5, 5.41) is 10.8. The molecule has 6 atom stereocenters. The molecule has 6 rings (SSSR count). The maximum Gasteiger partial charge on any atom is 0.247 e. The highest BCUT2D eigenvalue weighted by atomic mass is 32.2. The first-order valence-electron chi connectivity index (χ1n) is 16.0. The maximum atomic E-state index is 14.9. The van der Waals surface area contributed by atoms with Crippen molar-refractivity contribution in [3.05, 3.63) is 96.1 Å². The molecule has 8 heteroatoms. The Labute approximate surface area is 265 Å². The minimum absolute atomic E-state index is 0.0572. The van der Waals surface area contributed by atoms with Crippen LogP contribution in [-0.2, 0) is 27.3 Å². The molecule has 1 N–H and O–H groups in total. The van der Waals surface area contributed by atoms with E-state index in [9.17, 15) is 19.5 Å². The third kappa shape index (κ3) is 5.30. The summed E-state index contributed by atoms with van der Waals surface area (Å²) in [5.41, 5.74) is 2.02. The molecule has 0 saturated carbocycles. The van der Waals surface area contributed by atoms with Crippen LogP contribution in [0.15, 0.2) is 85.0 Å². The van der Waals surface area contributed by atoms with Gasteiger partial charge in [0.05, 0.1) is 29.2 Å². The number of fused-ring (bicyclic) bond motifs is 2. The lowest BCUT2D eigenvalue weighted by atomic mass is 9.74. The predicted molar refractivity (Wildman–Crippen MR) is 174 cm³/mol. The van der Waals surface area contributed by atoms with Gasteiger partial charge in [-0.25, -0.2) is 0 Å². The molecule has 0 aliphatic carbocycles. The molecule has 3 amide bonds. The molecule has 0 radical (unpaired) electrons. The van der Waals surface area contributed by atoms with Gasteiger partial charge in [-0.1, -0.05) is 105 Å². The number of thioether (sulfide) groups is 1. The standard InChI is InChI=1S/C36H43N3O4S/c1-3-4-11-20-37-21-13-19-36-30(33(42)39(31(36)34(37)43)28(25-40)23-26-14-7-5-8-15-26)29-32(41)38(22-12-18-35(29,2)44-36)24-27-16-9-6-10-17-27/h5-10,12-19,28-31,40H,3-4,11,20-25H2,1-2H3/t28-,29+,30+,31?,35-,36+/m1/s1. The minimum atomic E-state index is -0.924. The largest absolute Gasteiger partial charge is 0.394 e. The topological polar surface area (TPSA) is 81.2 Å². The highest BCUT2D eigenvalue weighted by Gasteiger charge is 2.74. The monoisotopic (exact) mass is 613 g/mol. The molecular weight excluding hydrogens is 570 g/mol. The predicted octanol–water partition coefficient (Wildman–Crippen LogP) is 4.46. The number of hydrogen-bond donors (Lipinski definition) is 1. The van der Waals surface area contributed by atoms with Gasteiger partial charge in [0.15, 0.2) is 0 Å². The van der Waals surface area contributed by atoms with Crippen molar-refractivity contribution in [2.75, 3.05) is 26.2 Å². The molecule has 4 aliphatic heterocycles. The van der Waals surface area contributed by atoms with Gasteiger partial charge in [-0.2, -0.15) is 0 Å². The van der Waals surface area contributed by atoms with Gasteiger partial charge in [0, 0.05) is 30.9 Å². The fourth-order valence-corrected chi connectivity index (χ4v) is 9.93. The number of amides is 3. The Kier molecular flexibility index (Phi) is 8.75. The zero-order valence-electron chi connectivity index (χ0n) is 25.7. The number of benzene rings is 2. The summed E-state index contributed by atoms with van der Waals surface area (Å²) < 4.78 is -1.59. The molecular formula is C36H43N3O4S. The van der Waals surface area contributed by atoms with Crippen molar-refractivity contribution in [2.45, 2.75) is 67.7 Å². The normalized spacial score (nSPS) is 30.2. The highest BCUT2D eigenvalue weighted by Crippen LogP contribution is 2.66. The summed E-state index contributed by atoms with van der Waals surface area (Å²) >= 11 is 1.60. The molecule has 232 valence electrons. The quantitative estimate of drug-likeness (QED) is 0.316. The molecule has 4 aliphatic rings. The molecule has 1 spiro atoms. The van der Waals surface area contributed by atoms with E-state index in [1.54, 1.807) is 16.7 Å². The summed E-state index contributed by atoms with van der Waals surface area (Å²) in [7, 11) is 0. The van der Waals surface area contributed by atoms with Crippen LogP contribution < -0.4 is 0 Å². The van der Waals surface area contributed by atoms with Crippen LogP contribution in [0.1, 0.15) is 44.2 Å². The molecule has 2 saturated heterocycles. The van der Waals surface area contributed by atoms with Crippen molar-refractivity contribution in [1.82, 2.24) is 14.7 Å². The van der Waals surface area contributed by atoms with Gasteiger partial charge in [-0.05, 0) is 30.9 Å². The van der Waals surface area contributed by atoms with Crippen LogP contribution in [-0.4, -0.2) is 85.3 Å². The van der Waals surface area contributed by atoms with Crippen LogP contribution in [0.3, 0.4) is 0 Å². The number of aliphatic hydroxyl groups is 1. The molecule has 2 aromatic carbocycles. The minimum Gasteiger partial charge on any atom is -0.394 e. The van der Waals surface area contributed by atoms with Gasteiger partial charge in [0.2, 0.25) is 17.7 Å². The number of likely N-dealkylation sites (tertiary alicyclic amines) is 1. The van der Waals surface area contributed by atoms with Crippen molar-refractivity contribution in [3.63, 3.8) is 0 Å². The number of rotatable bonds is 10. The van der Waals surface area contributed by atoms with E-state index in [0.29, 0.717) is 32.6 Å². The van der Waals surface area contributed by atoms with E-state index >= 15 is 0 Å². The Bertz CT molecular complexity index is 1430. The summed E-state index contributed by atoms with van der Waals surface area (Å²) in [6.07, 6.45) is 11.6. The third-order valence-electron chi connectivity index (χ3n) is 9.83. The zero-order valence-corrected chi connectivity index (χ0v) is 26.5. The second kappa shape index (κ2) is 12.6. The number of nitrogens with zero attached hydrogens (tertiary/aromatic N) is 3. The van der Waals surface area contributed by atoms with Crippen molar-refractivity contribution in [1.29, 1.82) is 0 Å². The van der Waals surface area contributed by atoms with E-state index in [1.807, 2.05) is 82.6 Å². The zero-order chi connectivity index (χ0) is 30.9. The van der Waals surface area contributed by atoms with Gasteiger partial charge in [-0.3, -0.25) is 14.4 Å². The lowest BCUT2D eigenvalue weighted by Gasteiger charge is -2.40. The number of unbranched alkanes of at least 4 members (excludes halogenated alkanes) is 2. The smallest absolute Gasteiger partial charge is 0.247 e. The Balaban J connectivity index is 1.42. The Morgan fingerprint density at radius 1 is 0.841 bits per heavy atom. The average Bonchev–Trinajstić information content (AvgIpc) is 3.31. The van der Waals surface area contributed by atoms with Crippen LogP contribution in [0, 0.1) is 11.8 Å². The summed E-state index contributed by atoms with van der Waals surface area (Å²) in [6, 6.07) is 18.3. The lowest BCUT2D eigenvalue weighted by molar-refractivity contribution is -0.147. The number of hydrogen-bond acceptors (Lipinski definition) is 5. The van der Waals surface area contributed by atoms with E-state index in [0.717, 1.165) is 30.4 Å². The van der Waals surface area contributed by atoms with Crippen molar-refractivity contribution >= 4 is 29.5 Å². The third-order valence-corrected chi connectivity index (χ3v) is 11.6. The molecule has 7 nitrogen and oxygen atoms in total. The maximum absolute atomic E-state index is 14.9. The van der Waals surface area contributed by atoms with E-state index in [2.05, 4.69) is 26.0 Å². The van der Waals surface area contributed by atoms with Crippen LogP contribution >= 0.6 is 11.8 Å². The summed E-state index contributed by atoms with van der Waals surface area (Å²) in [5.74, 6) is -1.72. The number of aliphatic hydroxyl groups excluding tert-OH is 1. The van der Waals surface area contributed by atoms with Crippen LogP contribution in [0.5, 0.6) is 0 Å². The Morgan fingerprint density at radius 3 is 2.18 bits per heavy atom. The number of carbonyl (C=O) groups is 3. The van der Waals surface area contributed by atoms with E-state index < -0.39 is 33.4 Å². The molecule has 44 heavy (non-hydrogen) atoms. The lowest BCUT2D eigenvalue weighted by Crippen LogP contribution is -2.57.